The third-order valence-corrected chi connectivity index (χ3v) is 7.47. The summed E-state index contributed by atoms with van der Waals surface area (Å²) in [6.45, 7) is 7.38. The van der Waals surface area contributed by atoms with Crippen LogP contribution in [0.5, 0.6) is 0 Å². The predicted molar refractivity (Wildman–Crippen MR) is 128 cm³/mol. The lowest BCUT2D eigenvalue weighted by Gasteiger charge is -2.34. The molecule has 4 rings (SSSR count). The van der Waals surface area contributed by atoms with Crippen LogP contribution in [0.15, 0.2) is 47.4 Å². The second-order valence-electron chi connectivity index (χ2n) is 9.08. The number of nitrogens with two attached hydrogens (primary N) is 2. The van der Waals surface area contributed by atoms with Crippen molar-refractivity contribution in [3.63, 3.8) is 0 Å². The normalized spacial score (nSPS) is 16.9. The van der Waals surface area contributed by atoms with E-state index in [1.807, 2.05) is 18.2 Å². The Morgan fingerprint density at radius 2 is 1.82 bits per heavy atom. The van der Waals surface area contributed by atoms with Gasteiger partial charge in [-0.05, 0) is 71.0 Å². The Bertz CT molecular complexity index is 1170. The molecule has 3 aromatic rings. The number of rotatable bonds is 7. The number of primary sulfonamides is 1. The minimum atomic E-state index is -3.96. The second-order valence-corrected chi connectivity index (χ2v) is 10.6. The zero-order valence-corrected chi connectivity index (χ0v) is 19.8. The molecule has 1 atom stereocenters. The van der Waals surface area contributed by atoms with Crippen molar-refractivity contribution >= 4 is 10.0 Å². The van der Waals surface area contributed by atoms with Gasteiger partial charge in [0.25, 0.3) is 0 Å². The van der Waals surface area contributed by atoms with Gasteiger partial charge in [-0.25, -0.2) is 18.7 Å². The number of aromatic nitrogens is 4. The molecule has 1 saturated heterocycles. The van der Waals surface area contributed by atoms with Crippen LogP contribution in [-0.2, 0) is 10.0 Å². The topological polar surface area (TPSA) is 144 Å². The van der Waals surface area contributed by atoms with Crippen molar-refractivity contribution in [1.29, 1.82) is 0 Å². The van der Waals surface area contributed by atoms with Gasteiger partial charge in [-0.2, -0.15) is 0 Å². The van der Waals surface area contributed by atoms with E-state index >= 15 is 0 Å². The number of benzene rings is 2. The van der Waals surface area contributed by atoms with E-state index in [9.17, 15) is 8.42 Å². The fraction of sp³-hybridized carbons (Fsp3) is 0.435. The van der Waals surface area contributed by atoms with Crippen LogP contribution >= 0.6 is 0 Å². The molecule has 1 fully saturated rings. The summed E-state index contributed by atoms with van der Waals surface area (Å²) in [5.74, 6) is 1.24. The van der Waals surface area contributed by atoms with E-state index in [1.54, 1.807) is 6.07 Å². The van der Waals surface area contributed by atoms with E-state index in [0.29, 0.717) is 23.0 Å². The van der Waals surface area contributed by atoms with Crippen LogP contribution in [0.4, 0.5) is 0 Å². The maximum Gasteiger partial charge on any atom is 0.238 e. The van der Waals surface area contributed by atoms with Crippen molar-refractivity contribution in [3.8, 4) is 22.5 Å². The number of nitrogens with one attached hydrogen (secondary N) is 1. The molecule has 33 heavy (non-hydrogen) atoms. The number of likely N-dealkylation sites (tertiary alicyclic amines) is 1. The van der Waals surface area contributed by atoms with Crippen LogP contribution in [0, 0.1) is 5.92 Å². The Morgan fingerprint density at radius 3 is 2.39 bits per heavy atom. The zero-order chi connectivity index (χ0) is 23.6. The number of hydrogen-bond acceptors (Lipinski definition) is 7. The number of hydrogen-bond donors (Lipinski definition) is 3. The molecule has 0 amide bonds. The number of sulfonamides is 1. The third kappa shape index (κ3) is 5.30. The summed E-state index contributed by atoms with van der Waals surface area (Å²) in [6, 6.07) is 13.5. The minimum Gasteiger partial charge on any atom is -0.326 e. The molecule has 1 aliphatic heterocycles. The van der Waals surface area contributed by atoms with Crippen molar-refractivity contribution < 1.29 is 8.42 Å². The molecule has 0 unspecified atom stereocenters. The van der Waals surface area contributed by atoms with Gasteiger partial charge in [-0.15, -0.1) is 5.10 Å². The summed E-state index contributed by atoms with van der Waals surface area (Å²) in [6.07, 6.45) is 2.19. The highest BCUT2D eigenvalue weighted by Crippen LogP contribution is 2.36. The van der Waals surface area contributed by atoms with Gasteiger partial charge in [-0.3, -0.25) is 0 Å². The van der Waals surface area contributed by atoms with Crippen molar-refractivity contribution in [2.75, 3.05) is 19.6 Å². The van der Waals surface area contributed by atoms with Gasteiger partial charge < -0.3 is 10.6 Å². The highest BCUT2D eigenvalue weighted by molar-refractivity contribution is 7.89. The molecule has 176 valence electrons. The smallest absolute Gasteiger partial charge is 0.238 e. The zero-order valence-electron chi connectivity index (χ0n) is 19.0. The van der Waals surface area contributed by atoms with Crippen molar-refractivity contribution in [1.82, 2.24) is 25.5 Å². The van der Waals surface area contributed by atoms with Crippen LogP contribution < -0.4 is 10.9 Å². The number of tetrazole rings is 1. The first-order chi connectivity index (χ1) is 15.7. The predicted octanol–water partition coefficient (Wildman–Crippen LogP) is 2.34. The largest absolute Gasteiger partial charge is 0.326 e. The summed E-state index contributed by atoms with van der Waals surface area (Å²) in [4.78, 5) is 2.45. The van der Waals surface area contributed by atoms with E-state index in [2.05, 4.69) is 51.5 Å². The Morgan fingerprint density at radius 1 is 1.12 bits per heavy atom. The van der Waals surface area contributed by atoms with Crippen LogP contribution in [0.1, 0.15) is 38.2 Å². The van der Waals surface area contributed by atoms with E-state index < -0.39 is 10.0 Å². The van der Waals surface area contributed by atoms with E-state index in [0.717, 1.165) is 38.0 Å². The van der Waals surface area contributed by atoms with Crippen molar-refractivity contribution in [2.24, 2.45) is 16.8 Å². The molecule has 0 bridgehead atoms. The molecular weight excluding hydrogens is 438 g/mol. The van der Waals surface area contributed by atoms with Crippen molar-refractivity contribution in [2.45, 2.75) is 43.5 Å². The number of aromatic amines is 1. The van der Waals surface area contributed by atoms with Gasteiger partial charge in [0.1, 0.15) is 0 Å². The molecule has 1 aromatic heterocycles. The number of H-pyrrole nitrogens is 1. The van der Waals surface area contributed by atoms with E-state index in [1.165, 1.54) is 11.6 Å². The molecule has 1 aliphatic rings. The Hall–Kier alpha value is -2.66. The average Bonchev–Trinajstić information content (AvgIpc) is 3.33. The summed E-state index contributed by atoms with van der Waals surface area (Å²) in [5, 5.41) is 19.2. The van der Waals surface area contributed by atoms with E-state index in [-0.39, 0.29) is 16.8 Å². The second kappa shape index (κ2) is 9.68. The molecule has 0 saturated carbocycles. The first-order valence-corrected chi connectivity index (χ1v) is 12.8. The summed E-state index contributed by atoms with van der Waals surface area (Å²) in [7, 11) is -3.96. The minimum absolute atomic E-state index is 0.0189. The van der Waals surface area contributed by atoms with Gasteiger partial charge in [0.15, 0.2) is 5.82 Å². The Labute approximate surface area is 194 Å². The summed E-state index contributed by atoms with van der Waals surface area (Å²) in [5.41, 5.74) is 9.47. The van der Waals surface area contributed by atoms with Gasteiger partial charge >= 0.3 is 0 Å². The third-order valence-electron chi connectivity index (χ3n) is 6.52. The molecule has 10 heteroatoms. The lowest BCUT2D eigenvalue weighted by atomic mass is 9.87. The first-order valence-electron chi connectivity index (χ1n) is 11.2. The summed E-state index contributed by atoms with van der Waals surface area (Å²) < 4.78 is 24.4. The van der Waals surface area contributed by atoms with E-state index in [4.69, 9.17) is 10.9 Å². The lowest BCUT2D eigenvalue weighted by Crippen LogP contribution is -2.43. The van der Waals surface area contributed by atoms with Crippen molar-refractivity contribution in [3.05, 3.63) is 48.0 Å². The molecule has 0 aliphatic carbocycles. The molecular formula is C23H31N7O2S. The molecule has 5 N–H and O–H groups in total. The van der Waals surface area contributed by atoms with Crippen LogP contribution in [0.3, 0.4) is 0 Å². The molecule has 2 heterocycles. The van der Waals surface area contributed by atoms with Crippen LogP contribution in [-0.4, -0.2) is 59.6 Å². The Kier molecular flexibility index (Phi) is 6.89. The molecule has 0 spiro atoms. The number of piperidine rings is 1. The Balaban J connectivity index is 1.55. The maximum atomic E-state index is 12.2. The lowest BCUT2D eigenvalue weighted by molar-refractivity contribution is 0.189. The fourth-order valence-corrected chi connectivity index (χ4v) is 5.17. The van der Waals surface area contributed by atoms with Gasteiger partial charge in [0.2, 0.25) is 10.0 Å². The average molecular weight is 470 g/mol. The standard InChI is InChI=1S/C23H31N7O2S/c1-15(2)20(24)14-30-12-10-17(11-13-30)16-6-8-18(9-7-16)19-4-3-5-21(33(25,31)32)22(19)23-26-28-29-27-23/h3-9,15,17,20H,10-14,24H2,1-2H3,(H2,25,31,32)(H,26,27,28,29)/t20-/m0/s1. The maximum absolute atomic E-state index is 12.2. The van der Waals surface area contributed by atoms with Gasteiger partial charge in [0, 0.05) is 18.2 Å². The van der Waals surface area contributed by atoms with Gasteiger partial charge in [0.05, 0.1) is 4.90 Å². The first kappa shape index (κ1) is 23.5. The molecule has 2 aromatic carbocycles. The fourth-order valence-electron chi connectivity index (χ4n) is 4.41. The number of nitrogens with zero attached hydrogens (tertiary/aromatic N) is 4. The quantitative estimate of drug-likeness (QED) is 0.482. The van der Waals surface area contributed by atoms with Gasteiger partial charge in [-0.1, -0.05) is 50.2 Å². The van der Waals surface area contributed by atoms with Crippen LogP contribution in [0.2, 0.25) is 0 Å². The monoisotopic (exact) mass is 469 g/mol. The highest BCUT2D eigenvalue weighted by atomic mass is 32.2. The SMILES string of the molecule is CC(C)[C@@H](N)CN1CCC(c2ccc(-c3cccc(S(N)(=O)=O)c3-c3nnn[nH]3)cc2)CC1. The highest BCUT2D eigenvalue weighted by Gasteiger charge is 2.24. The molecule has 9 nitrogen and oxygen atoms in total. The van der Waals surface area contributed by atoms with Crippen LogP contribution in [0.25, 0.3) is 22.5 Å². The molecule has 0 radical (unpaired) electrons. The summed E-state index contributed by atoms with van der Waals surface area (Å²) >= 11 is 0.